The van der Waals surface area contributed by atoms with E-state index in [0.29, 0.717) is 17.5 Å². The average molecular weight is 310 g/mol. The second-order valence-corrected chi connectivity index (χ2v) is 5.11. The molecule has 23 heavy (non-hydrogen) atoms. The van der Waals surface area contributed by atoms with Crippen LogP contribution in [0.5, 0.6) is 0 Å². The van der Waals surface area contributed by atoms with Gasteiger partial charge < -0.3 is 9.30 Å². The quantitative estimate of drug-likeness (QED) is 0.420. The van der Waals surface area contributed by atoms with Crippen LogP contribution in [0.15, 0.2) is 54.7 Å². The van der Waals surface area contributed by atoms with Crippen LogP contribution in [0.2, 0.25) is 0 Å². The molecule has 116 valence electrons. The van der Waals surface area contributed by atoms with Crippen molar-refractivity contribution >= 4 is 22.6 Å². The molecule has 0 bridgehead atoms. The van der Waals surface area contributed by atoms with Gasteiger partial charge in [-0.3, -0.25) is 10.1 Å². The molecule has 6 nitrogen and oxygen atoms in total. The molecule has 1 heterocycles. The Morgan fingerprint density at radius 2 is 1.96 bits per heavy atom. The third-order valence-corrected chi connectivity index (χ3v) is 3.68. The van der Waals surface area contributed by atoms with Gasteiger partial charge in [-0.05, 0) is 11.6 Å². The minimum Gasteiger partial charge on any atom is -0.465 e. The topological polar surface area (TPSA) is 74.4 Å². The van der Waals surface area contributed by atoms with Crippen LogP contribution in [0.3, 0.4) is 0 Å². The van der Waals surface area contributed by atoms with E-state index < -0.39 is 10.9 Å². The molecule has 2 aromatic carbocycles. The Labute approximate surface area is 132 Å². The van der Waals surface area contributed by atoms with Crippen molar-refractivity contribution < 1.29 is 14.5 Å². The van der Waals surface area contributed by atoms with Crippen LogP contribution in [0.25, 0.3) is 10.9 Å². The number of hydrogen-bond acceptors (Lipinski definition) is 4. The summed E-state index contributed by atoms with van der Waals surface area (Å²) in [5.74, 6) is -0.512. The molecule has 3 aromatic rings. The SMILES string of the molecule is COC(=O)c1cn(Cc2ccccc2)c2ccc([N+](=O)[O-])cc12. The van der Waals surface area contributed by atoms with Crippen LogP contribution < -0.4 is 0 Å². The van der Waals surface area contributed by atoms with Crippen LogP contribution in [-0.2, 0) is 11.3 Å². The molecule has 0 radical (unpaired) electrons. The van der Waals surface area contributed by atoms with Crippen molar-refractivity contribution in [3.05, 3.63) is 76.0 Å². The molecule has 0 aliphatic heterocycles. The number of nitro groups is 1. The Balaban J connectivity index is 2.15. The summed E-state index contributed by atoms with van der Waals surface area (Å²) in [5, 5.41) is 11.5. The minimum atomic E-state index is -0.512. The summed E-state index contributed by atoms with van der Waals surface area (Å²) in [6, 6.07) is 14.3. The fourth-order valence-corrected chi connectivity index (χ4v) is 2.58. The van der Waals surface area contributed by atoms with Crippen LogP contribution >= 0.6 is 0 Å². The first-order valence-corrected chi connectivity index (χ1v) is 6.99. The summed E-state index contributed by atoms with van der Waals surface area (Å²) >= 11 is 0. The molecule has 0 aliphatic rings. The third-order valence-electron chi connectivity index (χ3n) is 3.68. The molecule has 0 spiro atoms. The fraction of sp³-hybridized carbons (Fsp3) is 0.118. The van der Waals surface area contributed by atoms with Crippen LogP contribution in [0.1, 0.15) is 15.9 Å². The zero-order valence-corrected chi connectivity index (χ0v) is 12.4. The standard InChI is InChI=1S/C17H14N2O4/c1-23-17(20)15-11-18(10-12-5-3-2-4-6-12)16-8-7-13(19(21)22)9-14(15)16/h2-9,11H,10H2,1H3. The first kappa shape index (κ1) is 14.8. The molecule has 0 atom stereocenters. The molecular formula is C17H14N2O4. The highest BCUT2D eigenvalue weighted by Crippen LogP contribution is 2.27. The molecule has 3 rings (SSSR count). The summed E-state index contributed by atoms with van der Waals surface area (Å²) in [4.78, 5) is 22.5. The summed E-state index contributed by atoms with van der Waals surface area (Å²) in [5.41, 5.74) is 2.08. The van der Waals surface area contributed by atoms with Crippen molar-refractivity contribution in [2.24, 2.45) is 0 Å². The Kier molecular flexibility index (Phi) is 3.80. The van der Waals surface area contributed by atoms with E-state index in [2.05, 4.69) is 0 Å². The van der Waals surface area contributed by atoms with E-state index in [9.17, 15) is 14.9 Å². The van der Waals surface area contributed by atoms with Gasteiger partial charge in [0.1, 0.15) is 0 Å². The Hall–Kier alpha value is -3.15. The number of nitro benzene ring substituents is 1. The van der Waals surface area contributed by atoms with Gasteiger partial charge in [-0.25, -0.2) is 4.79 Å². The van der Waals surface area contributed by atoms with E-state index >= 15 is 0 Å². The number of carbonyl (C=O) groups excluding carboxylic acids is 1. The highest BCUT2D eigenvalue weighted by atomic mass is 16.6. The number of hydrogen-bond donors (Lipinski definition) is 0. The van der Waals surface area contributed by atoms with Gasteiger partial charge in [-0.2, -0.15) is 0 Å². The Morgan fingerprint density at radius 3 is 2.61 bits per heavy atom. The molecule has 0 aliphatic carbocycles. The molecule has 0 amide bonds. The molecule has 0 saturated carbocycles. The normalized spacial score (nSPS) is 10.7. The van der Waals surface area contributed by atoms with Crippen molar-refractivity contribution in [3.63, 3.8) is 0 Å². The minimum absolute atomic E-state index is 0.0554. The van der Waals surface area contributed by atoms with E-state index in [1.807, 2.05) is 34.9 Å². The zero-order chi connectivity index (χ0) is 16.4. The van der Waals surface area contributed by atoms with Gasteiger partial charge in [-0.15, -0.1) is 0 Å². The predicted octanol–water partition coefficient (Wildman–Crippen LogP) is 3.38. The predicted molar refractivity (Wildman–Crippen MR) is 85.5 cm³/mol. The lowest BCUT2D eigenvalue weighted by Crippen LogP contribution is -2.01. The maximum absolute atomic E-state index is 12.0. The van der Waals surface area contributed by atoms with Crippen molar-refractivity contribution in [1.82, 2.24) is 4.57 Å². The van der Waals surface area contributed by atoms with E-state index in [-0.39, 0.29) is 5.69 Å². The first-order valence-electron chi connectivity index (χ1n) is 6.99. The van der Waals surface area contributed by atoms with Crippen molar-refractivity contribution in [2.75, 3.05) is 7.11 Å². The summed E-state index contributed by atoms with van der Waals surface area (Å²) in [6.45, 7) is 0.562. The van der Waals surface area contributed by atoms with Crippen LogP contribution in [-0.4, -0.2) is 22.6 Å². The van der Waals surface area contributed by atoms with Gasteiger partial charge in [0.15, 0.2) is 0 Å². The van der Waals surface area contributed by atoms with Crippen LogP contribution in [0, 0.1) is 10.1 Å². The molecule has 0 N–H and O–H groups in total. The maximum atomic E-state index is 12.0. The molecule has 6 heteroatoms. The lowest BCUT2D eigenvalue weighted by atomic mass is 10.1. The zero-order valence-electron chi connectivity index (χ0n) is 12.4. The summed E-state index contributed by atoms with van der Waals surface area (Å²) in [7, 11) is 1.29. The second kappa shape index (κ2) is 5.92. The molecule has 1 aromatic heterocycles. The van der Waals surface area contributed by atoms with Gasteiger partial charge in [0.05, 0.1) is 17.6 Å². The smallest absolute Gasteiger partial charge is 0.340 e. The van der Waals surface area contributed by atoms with E-state index in [4.69, 9.17) is 4.74 Å². The lowest BCUT2D eigenvalue weighted by Gasteiger charge is -2.05. The Morgan fingerprint density at radius 1 is 1.22 bits per heavy atom. The van der Waals surface area contributed by atoms with Gasteiger partial charge in [0.25, 0.3) is 5.69 Å². The number of non-ortho nitro benzene ring substituents is 1. The van der Waals surface area contributed by atoms with Crippen molar-refractivity contribution in [3.8, 4) is 0 Å². The monoisotopic (exact) mass is 310 g/mol. The highest BCUT2D eigenvalue weighted by Gasteiger charge is 2.18. The van der Waals surface area contributed by atoms with Gasteiger partial charge in [0, 0.05) is 35.8 Å². The number of esters is 1. The van der Waals surface area contributed by atoms with Gasteiger partial charge in [-0.1, -0.05) is 30.3 Å². The number of benzene rings is 2. The molecule has 0 saturated heterocycles. The summed E-state index contributed by atoms with van der Waals surface area (Å²) in [6.07, 6.45) is 1.67. The van der Waals surface area contributed by atoms with Crippen LogP contribution in [0.4, 0.5) is 5.69 Å². The van der Waals surface area contributed by atoms with Crippen molar-refractivity contribution in [2.45, 2.75) is 6.54 Å². The number of ether oxygens (including phenoxy) is 1. The first-order chi connectivity index (χ1) is 11.1. The number of aromatic nitrogens is 1. The number of rotatable bonds is 4. The Bertz CT molecular complexity index is 884. The molecule has 0 unspecified atom stereocenters. The molecule has 0 fully saturated rings. The summed E-state index contributed by atoms with van der Waals surface area (Å²) < 4.78 is 6.68. The van der Waals surface area contributed by atoms with E-state index in [1.165, 1.54) is 19.2 Å². The van der Waals surface area contributed by atoms with Crippen molar-refractivity contribution in [1.29, 1.82) is 0 Å². The largest absolute Gasteiger partial charge is 0.465 e. The fourth-order valence-electron chi connectivity index (χ4n) is 2.58. The highest BCUT2D eigenvalue weighted by molar-refractivity contribution is 6.05. The van der Waals surface area contributed by atoms with Gasteiger partial charge >= 0.3 is 5.97 Å². The lowest BCUT2D eigenvalue weighted by molar-refractivity contribution is -0.384. The second-order valence-electron chi connectivity index (χ2n) is 5.11. The third kappa shape index (κ3) is 2.78. The number of methoxy groups -OCH3 is 1. The van der Waals surface area contributed by atoms with E-state index in [1.54, 1.807) is 12.3 Å². The van der Waals surface area contributed by atoms with E-state index in [0.717, 1.165) is 11.1 Å². The molecular weight excluding hydrogens is 296 g/mol. The maximum Gasteiger partial charge on any atom is 0.340 e. The number of nitrogens with zero attached hydrogens (tertiary/aromatic N) is 2. The average Bonchev–Trinajstić information content (AvgIpc) is 2.93. The number of fused-ring (bicyclic) bond motifs is 1. The number of carbonyl (C=O) groups is 1. The van der Waals surface area contributed by atoms with Gasteiger partial charge in [0.2, 0.25) is 0 Å².